The fourth-order valence-electron chi connectivity index (χ4n) is 1.57. The van der Waals surface area contributed by atoms with Crippen molar-refractivity contribution in [1.82, 2.24) is 14.9 Å². The van der Waals surface area contributed by atoms with Crippen LogP contribution in [0.3, 0.4) is 0 Å². The number of rotatable bonds is 5. The first-order chi connectivity index (χ1) is 9.68. The van der Waals surface area contributed by atoms with Gasteiger partial charge < -0.3 is 5.32 Å². The van der Waals surface area contributed by atoms with Crippen LogP contribution in [0.5, 0.6) is 0 Å². The topological polar surface area (TPSA) is 54.9 Å². The summed E-state index contributed by atoms with van der Waals surface area (Å²) in [5, 5.41) is 6.34. The Morgan fingerprint density at radius 1 is 1.30 bits per heavy atom. The van der Waals surface area contributed by atoms with Crippen molar-refractivity contribution in [2.75, 3.05) is 6.54 Å². The van der Waals surface area contributed by atoms with Crippen molar-refractivity contribution in [3.63, 3.8) is 0 Å². The van der Waals surface area contributed by atoms with E-state index in [1.54, 1.807) is 0 Å². The van der Waals surface area contributed by atoms with Crippen LogP contribution in [-0.2, 0) is 0 Å². The van der Waals surface area contributed by atoms with Gasteiger partial charge in [0.25, 0.3) is 12.0 Å². The largest absolute Gasteiger partial charge is 0.350 e. The van der Waals surface area contributed by atoms with Gasteiger partial charge in [-0.3, -0.25) is 4.79 Å². The van der Waals surface area contributed by atoms with Crippen LogP contribution in [0.4, 0.5) is 8.78 Å². The monoisotopic (exact) mass is 295 g/mol. The second kappa shape index (κ2) is 6.85. The molecular weight excluding hydrogens is 284 g/mol. The summed E-state index contributed by atoms with van der Waals surface area (Å²) >= 11 is 1.12. The molecule has 0 unspecified atom stereocenters. The van der Waals surface area contributed by atoms with Gasteiger partial charge in [0.2, 0.25) is 0 Å². The number of halogens is 2. The van der Waals surface area contributed by atoms with Crippen LogP contribution >= 0.6 is 11.5 Å². The average molecular weight is 295 g/mol. The third-order valence-electron chi connectivity index (χ3n) is 2.47. The normalized spacial score (nSPS) is 10.1. The molecule has 0 fully saturated rings. The van der Waals surface area contributed by atoms with E-state index in [4.69, 9.17) is 0 Å². The van der Waals surface area contributed by atoms with Crippen molar-refractivity contribution in [3.8, 4) is 10.4 Å². The summed E-state index contributed by atoms with van der Waals surface area (Å²) in [7, 11) is 0. The third kappa shape index (κ3) is 3.67. The van der Waals surface area contributed by atoms with Crippen LogP contribution in [0.25, 0.3) is 10.4 Å². The molecule has 7 heteroatoms. The van der Waals surface area contributed by atoms with Crippen LogP contribution in [0.1, 0.15) is 16.9 Å². The molecule has 0 aliphatic heterocycles. The predicted octanol–water partition coefficient (Wildman–Crippen LogP) is 3.11. The van der Waals surface area contributed by atoms with Crippen LogP contribution in [0, 0.1) is 0 Å². The summed E-state index contributed by atoms with van der Waals surface area (Å²) in [5.41, 5.74) is 1.06. The standard InChI is InChI=1S/C13H11F2N3OS/c14-10(15)7-4-8-16-13(19)11-12(20-18-17-11)9-5-2-1-3-6-9/h1-3,5-7H,4,8H2,(H,16,19). The van der Waals surface area contributed by atoms with Crippen molar-refractivity contribution in [2.24, 2.45) is 0 Å². The summed E-state index contributed by atoms with van der Waals surface area (Å²) in [4.78, 5) is 12.6. The molecule has 0 atom stereocenters. The number of carbonyl (C=O) groups excluding carboxylic acids is 1. The quantitative estimate of drug-likeness (QED) is 0.862. The van der Waals surface area contributed by atoms with Gasteiger partial charge in [-0.25, -0.2) is 0 Å². The first-order valence-electron chi connectivity index (χ1n) is 5.85. The van der Waals surface area contributed by atoms with E-state index >= 15 is 0 Å². The zero-order valence-electron chi connectivity index (χ0n) is 10.3. The van der Waals surface area contributed by atoms with E-state index in [0.29, 0.717) is 4.88 Å². The number of nitrogens with zero attached hydrogens (tertiary/aromatic N) is 2. The number of benzene rings is 1. The Balaban J connectivity index is 2.05. The lowest BCUT2D eigenvalue weighted by atomic mass is 10.1. The van der Waals surface area contributed by atoms with Gasteiger partial charge in [-0.1, -0.05) is 34.8 Å². The van der Waals surface area contributed by atoms with Crippen LogP contribution < -0.4 is 5.32 Å². The summed E-state index contributed by atoms with van der Waals surface area (Å²) in [5.74, 6) is -0.412. The minimum absolute atomic E-state index is 0.0757. The molecular formula is C13H11F2N3OS. The van der Waals surface area contributed by atoms with Gasteiger partial charge in [-0.2, -0.15) is 8.78 Å². The zero-order chi connectivity index (χ0) is 14.4. The number of carbonyl (C=O) groups is 1. The summed E-state index contributed by atoms with van der Waals surface area (Å²) in [6.07, 6.45) is -0.913. The predicted molar refractivity (Wildman–Crippen MR) is 72.6 cm³/mol. The van der Waals surface area contributed by atoms with Crippen LogP contribution in [0.2, 0.25) is 0 Å². The summed E-state index contributed by atoms with van der Waals surface area (Å²) in [6, 6.07) is 9.28. The molecule has 2 rings (SSSR count). The lowest BCUT2D eigenvalue weighted by molar-refractivity contribution is 0.0950. The average Bonchev–Trinajstić information content (AvgIpc) is 2.93. The van der Waals surface area contributed by atoms with Gasteiger partial charge in [0, 0.05) is 6.54 Å². The molecule has 104 valence electrons. The van der Waals surface area contributed by atoms with Gasteiger partial charge in [-0.05, 0) is 29.6 Å². The highest BCUT2D eigenvalue weighted by Gasteiger charge is 2.17. The fourth-order valence-corrected chi connectivity index (χ4v) is 2.23. The minimum atomic E-state index is -1.75. The van der Waals surface area contributed by atoms with Crippen molar-refractivity contribution < 1.29 is 13.6 Å². The Morgan fingerprint density at radius 2 is 2.05 bits per heavy atom. The molecule has 2 aromatic rings. The second-order valence-corrected chi connectivity index (χ2v) is 4.61. The number of hydrogen-bond donors (Lipinski definition) is 1. The van der Waals surface area contributed by atoms with E-state index < -0.39 is 12.0 Å². The van der Waals surface area contributed by atoms with Crippen molar-refractivity contribution in [1.29, 1.82) is 0 Å². The van der Waals surface area contributed by atoms with Gasteiger partial charge in [0.1, 0.15) is 0 Å². The molecule has 1 aromatic carbocycles. The molecule has 1 aromatic heterocycles. The maximum Gasteiger partial charge on any atom is 0.273 e. The Bertz CT molecular complexity index is 609. The van der Waals surface area contributed by atoms with E-state index in [9.17, 15) is 13.6 Å². The second-order valence-electron chi connectivity index (χ2n) is 3.86. The summed E-state index contributed by atoms with van der Waals surface area (Å²) in [6.45, 7) is 0.127. The maximum atomic E-state index is 11.9. The first-order valence-corrected chi connectivity index (χ1v) is 6.63. The molecule has 20 heavy (non-hydrogen) atoms. The third-order valence-corrected chi connectivity index (χ3v) is 3.24. The highest BCUT2D eigenvalue weighted by Crippen LogP contribution is 2.25. The molecule has 0 spiro atoms. The summed E-state index contributed by atoms with van der Waals surface area (Å²) < 4.78 is 27.5. The van der Waals surface area contributed by atoms with Gasteiger partial charge in [0.15, 0.2) is 5.69 Å². The Kier molecular flexibility index (Phi) is 4.89. The van der Waals surface area contributed by atoms with Crippen molar-refractivity contribution >= 4 is 17.4 Å². The fraction of sp³-hybridized carbons (Fsp3) is 0.154. The SMILES string of the molecule is O=C(NCCC=C(F)F)c1nnsc1-c1ccccc1. The Hall–Kier alpha value is -2.15. The van der Waals surface area contributed by atoms with E-state index in [2.05, 4.69) is 14.9 Å². The van der Waals surface area contributed by atoms with Crippen molar-refractivity contribution in [3.05, 3.63) is 48.2 Å². The molecule has 0 radical (unpaired) electrons. The number of hydrogen-bond acceptors (Lipinski definition) is 4. The molecule has 1 N–H and O–H groups in total. The Morgan fingerprint density at radius 3 is 2.75 bits per heavy atom. The van der Waals surface area contributed by atoms with Gasteiger partial charge in [0.05, 0.1) is 4.88 Å². The van der Waals surface area contributed by atoms with Gasteiger partial charge in [-0.15, -0.1) is 5.10 Å². The highest BCUT2D eigenvalue weighted by atomic mass is 32.1. The smallest absolute Gasteiger partial charge is 0.273 e. The lowest BCUT2D eigenvalue weighted by Crippen LogP contribution is -2.25. The Labute approximate surface area is 118 Å². The minimum Gasteiger partial charge on any atom is -0.350 e. The van der Waals surface area contributed by atoms with Crippen molar-refractivity contribution in [2.45, 2.75) is 6.42 Å². The number of aromatic nitrogens is 2. The van der Waals surface area contributed by atoms with E-state index in [1.165, 1.54) is 0 Å². The van der Waals surface area contributed by atoms with E-state index in [0.717, 1.165) is 23.2 Å². The molecule has 0 saturated heterocycles. The molecule has 0 saturated carbocycles. The van der Waals surface area contributed by atoms with E-state index in [-0.39, 0.29) is 18.7 Å². The highest BCUT2D eigenvalue weighted by molar-refractivity contribution is 7.09. The first kappa shape index (κ1) is 14.3. The van der Waals surface area contributed by atoms with Gasteiger partial charge >= 0.3 is 0 Å². The number of amides is 1. The maximum absolute atomic E-state index is 11.9. The lowest BCUT2D eigenvalue weighted by Gasteiger charge is -2.02. The van der Waals surface area contributed by atoms with Crippen LogP contribution in [-0.4, -0.2) is 22.0 Å². The molecule has 0 aliphatic rings. The number of nitrogens with one attached hydrogen (secondary N) is 1. The van der Waals surface area contributed by atoms with Crippen LogP contribution in [0.15, 0.2) is 42.5 Å². The molecule has 1 amide bonds. The zero-order valence-corrected chi connectivity index (χ0v) is 11.2. The molecule has 4 nitrogen and oxygen atoms in total. The molecule has 0 aliphatic carbocycles. The molecule has 0 bridgehead atoms. The molecule has 1 heterocycles. The van der Waals surface area contributed by atoms with E-state index in [1.807, 2.05) is 30.3 Å².